The summed E-state index contributed by atoms with van der Waals surface area (Å²) in [4.78, 5) is 5.86. The maximum atomic E-state index is 5.41. The van der Waals surface area contributed by atoms with Gasteiger partial charge in [-0.1, -0.05) is 0 Å². The molecule has 0 radical (unpaired) electrons. The SMILES string of the molecule is Cc1nc(CC2COCCN2)sc1C. The number of hydrogen-bond donors (Lipinski definition) is 1. The average molecular weight is 212 g/mol. The first kappa shape index (κ1) is 10.1. The van der Waals surface area contributed by atoms with E-state index in [1.54, 1.807) is 11.3 Å². The third-order valence-electron chi connectivity index (χ3n) is 2.49. The summed E-state index contributed by atoms with van der Waals surface area (Å²) in [5, 5.41) is 4.66. The summed E-state index contributed by atoms with van der Waals surface area (Å²) in [6.07, 6.45) is 0.999. The van der Waals surface area contributed by atoms with E-state index < -0.39 is 0 Å². The van der Waals surface area contributed by atoms with Crippen molar-refractivity contribution in [3.8, 4) is 0 Å². The van der Waals surface area contributed by atoms with Gasteiger partial charge in [-0.3, -0.25) is 0 Å². The summed E-state index contributed by atoms with van der Waals surface area (Å²) in [6.45, 7) is 6.82. The maximum absolute atomic E-state index is 5.41. The Hall–Kier alpha value is -0.450. The zero-order chi connectivity index (χ0) is 9.97. The lowest BCUT2D eigenvalue weighted by atomic mass is 10.2. The van der Waals surface area contributed by atoms with Crippen LogP contribution in [0.5, 0.6) is 0 Å². The van der Waals surface area contributed by atoms with E-state index >= 15 is 0 Å². The van der Waals surface area contributed by atoms with E-state index in [2.05, 4.69) is 24.1 Å². The Morgan fingerprint density at radius 3 is 3.00 bits per heavy atom. The summed E-state index contributed by atoms with van der Waals surface area (Å²) in [5.74, 6) is 0. The van der Waals surface area contributed by atoms with Crippen LogP contribution in [0.2, 0.25) is 0 Å². The van der Waals surface area contributed by atoms with Crippen molar-refractivity contribution >= 4 is 11.3 Å². The lowest BCUT2D eigenvalue weighted by Gasteiger charge is -2.22. The zero-order valence-corrected chi connectivity index (χ0v) is 9.49. The summed E-state index contributed by atoms with van der Waals surface area (Å²) in [7, 11) is 0. The van der Waals surface area contributed by atoms with Crippen LogP contribution in [0.4, 0.5) is 0 Å². The topological polar surface area (TPSA) is 34.1 Å². The molecule has 0 bridgehead atoms. The van der Waals surface area contributed by atoms with Crippen molar-refractivity contribution in [1.82, 2.24) is 10.3 Å². The second-order valence-corrected chi connectivity index (χ2v) is 4.97. The molecular formula is C10H16N2OS. The van der Waals surface area contributed by atoms with E-state index in [0.717, 1.165) is 26.2 Å². The highest BCUT2D eigenvalue weighted by atomic mass is 32.1. The molecule has 1 atom stereocenters. The number of ether oxygens (including phenoxy) is 1. The van der Waals surface area contributed by atoms with Gasteiger partial charge in [0.2, 0.25) is 0 Å². The molecule has 4 heteroatoms. The van der Waals surface area contributed by atoms with E-state index in [9.17, 15) is 0 Å². The predicted octanol–water partition coefficient (Wildman–Crippen LogP) is 1.29. The number of morpholine rings is 1. The van der Waals surface area contributed by atoms with Crippen LogP contribution in [0.3, 0.4) is 0 Å². The first-order valence-corrected chi connectivity index (χ1v) is 5.81. The molecule has 1 aromatic rings. The third-order valence-corrected chi connectivity index (χ3v) is 3.59. The molecule has 0 aromatic carbocycles. The minimum absolute atomic E-state index is 0.452. The molecule has 0 amide bonds. The van der Waals surface area contributed by atoms with Gasteiger partial charge in [-0.05, 0) is 13.8 Å². The molecule has 1 saturated heterocycles. The lowest BCUT2D eigenvalue weighted by Crippen LogP contribution is -2.42. The van der Waals surface area contributed by atoms with Crippen LogP contribution in [-0.2, 0) is 11.2 Å². The van der Waals surface area contributed by atoms with Crippen molar-refractivity contribution in [2.45, 2.75) is 26.3 Å². The minimum Gasteiger partial charge on any atom is -0.379 e. The van der Waals surface area contributed by atoms with Gasteiger partial charge in [-0.25, -0.2) is 4.98 Å². The van der Waals surface area contributed by atoms with Gasteiger partial charge in [0, 0.05) is 23.9 Å². The molecule has 1 aliphatic rings. The normalized spacial score (nSPS) is 22.6. The van der Waals surface area contributed by atoms with Gasteiger partial charge in [0.15, 0.2) is 0 Å². The molecule has 0 aliphatic carbocycles. The summed E-state index contributed by atoms with van der Waals surface area (Å²) in [5.41, 5.74) is 1.17. The van der Waals surface area contributed by atoms with Crippen molar-refractivity contribution in [1.29, 1.82) is 0 Å². The highest BCUT2D eigenvalue weighted by Crippen LogP contribution is 2.18. The zero-order valence-electron chi connectivity index (χ0n) is 8.67. The van der Waals surface area contributed by atoms with Gasteiger partial charge in [0.1, 0.15) is 0 Å². The predicted molar refractivity (Wildman–Crippen MR) is 57.9 cm³/mol. The highest BCUT2D eigenvalue weighted by molar-refractivity contribution is 7.11. The number of aryl methyl sites for hydroxylation is 2. The molecule has 0 saturated carbocycles. The number of aromatic nitrogens is 1. The summed E-state index contributed by atoms with van der Waals surface area (Å²) < 4.78 is 5.41. The Kier molecular flexibility index (Phi) is 3.15. The first-order chi connectivity index (χ1) is 6.75. The molecule has 1 aromatic heterocycles. The molecule has 78 valence electrons. The smallest absolute Gasteiger partial charge is 0.0947 e. The van der Waals surface area contributed by atoms with E-state index in [1.807, 2.05) is 0 Å². The van der Waals surface area contributed by atoms with Crippen LogP contribution in [0, 0.1) is 13.8 Å². The largest absolute Gasteiger partial charge is 0.379 e. The van der Waals surface area contributed by atoms with Crippen LogP contribution in [0.15, 0.2) is 0 Å². The fraction of sp³-hybridized carbons (Fsp3) is 0.700. The monoisotopic (exact) mass is 212 g/mol. The molecule has 2 heterocycles. The number of rotatable bonds is 2. The molecule has 1 aliphatic heterocycles. The van der Waals surface area contributed by atoms with Crippen molar-refractivity contribution in [3.05, 3.63) is 15.6 Å². The van der Waals surface area contributed by atoms with E-state index in [-0.39, 0.29) is 0 Å². The standard InChI is InChI=1S/C10H16N2OS/c1-7-8(2)14-10(12-7)5-9-6-13-4-3-11-9/h9,11H,3-6H2,1-2H3. The minimum atomic E-state index is 0.452. The molecule has 0 spiro atoms. The van der Waals surface area contributed by atoms with Gasteiger partial charge in [-0.2, -0.15) is 0 Å². The van der Waals surface area contributed by atoms with Gasteiger partial charge in [-0.15, -0.1) is 11.3 Å². The maximum Gasteiger partial charge on any atom is 0.0947 e. The number of hydrogen-bond acceptors (Lipinski definition) is 4. The number of nitrogens with zero attached hydrogens (tertiary/aromatic N) is 1. The van der Waals surface area contributed by atoms with Crippen LogP contribution in [0.25, 0.3) is 0 Å². The molecule has 1 fully saturated rings. The van der Waals surface area contributed by atoms with Crippen LogP contribution in [0.1, 0.15) is 15.6 Å². The van der Waals surface area contributed by atoms with Crippen LogP contribution < -0.4 is 5.32 Å². The Balaban J connectivity index is 1.95. The summed E-state index contributed by atoms with van der Waals surface area (Å²) in [6, 6.07) is 0.452. The fourth-order valence-electron chi connectivity index (χ4n) is 1.59. The first-order valence-electron chi connectivity index (χ1n) is 5.00. The number of nitrogens with one attached hydrogen (secondary N) is 1. The molecule has 1 unspecified atom stereocenters. The fourth-order valence-corrected chi connectivity index (χ4v) is 2.60. The van der Waals surface area contributed by atoms with Crippen molar-refractivity contribution in [2.24, 2.45) is 0 Å². The van der Waals surface area contributed by atoms with E-state index in [0.29, 0.717) is 6.04 Å². The van der Waals surface area contributed by atoms with E-state index in [1.165, 1.54) is 15.6 Å². The Morgan fingerprint density at radius 1 is 1.57 bits per heavy atom. The summed E-state index contributed by atoms with van der Waals surface area (Å²) >= 11 is 1.80. The van der Waals surface area contributed by atoms with Crippen molar-refractivity contribution in [2.75, 3.05) is 19.8 Å². The van der Waals surface area contributed by atoms with Crippen LogP contribution in [-0.4, -0.2) is 30.8 Å². The van der Waals surface area contributed by atoms with Crippen LogP contribution >= 0.6 is 11.3 Å². The van der Waals surface area contributed by atoms with Gasteiger partial charge < -0.3 is 10.1 Å². The average Bonchev–Trinajstić information content (AvgIpc) is 2.47. The molecule has 14 heavy (non-hydrogen) atoms. The molecular weight excluding hydrogens is 196 g/mol. The van der Waals surface area contributed by atoms with E-state index in [4.69, 9.17) is 4.74 Å². The second-order valence-electron chi connectivity index (χ2n) is 3.68. The quantitative estimate of drug-likeness (QED) is 0.802. The molecule has 1 N–H and O–H groups in total. The van der Waals surface area contributed by atoms with Gasteiger partial charge in [0.05, 0.1) is 23.9 Å². The Bertz CT molecular complexity index is 286. The lowest BCUT2D eigenvalue weighted by molar-refractivity contribution is 0.0770. The highest BCUT2D eigenvalue weighted by Gasteiger charge is 2.15. The van der Waals surface area contributed by atoms with Crippen molar-refractivity contribution in [3.63, 3.8) is 0 Å². The molecule has 2 rings (SSSR count). The van der Waals surface area contributed by atoms with Gasteiger partial charge in [0.25, 0.3) is 0 Å². The Morgan fingerprint density at radius 2 is 2.43 bits per heavy atom. The third kappa shape index (κ3) is 2.32. The van der Waals surface area contributed by atoms with Crippen molar-refractivity contribution < 1.29 is 4.74 Å². The van der Waals surface area contributed by atoms with Gasteiger partial charge >= 0.3 is 0 Å². The number of thiazole rings is 1. The molecule has 3 nitrogen and oxygen atoms in total. The second kappa shape index (κ2) is 4.38. The Labute approximate surface area is 88.5 Å².